The van der Waals surface area contributed by atoms with Crippen molar-refractivity contribution in [2.24, 2.45) is 28.6 Å². The first-order valence-corrected chi connectivity index (χ1v) is 20.5. The van der Waals surface area contributed by atoms with E-state index in [4.69, 9.17) is 23.7 Å². The smallest absolute Gasteiger partial charge is 0.493 e. The minimum Gasteiger partial charge on any atom is -0.493 e. The van der Waals surface area contributed by atoms with E-state index in [1.807, 2.05) is 0 Å². The van der Waals surface area contributed by atoms with E-state index in [-0.39, 0.29) is 98.8 Å². The Morgan fingerprint density at radius 3 is 2.38 bits per heavy atom. The van der Waals surface area contributed by atoms with Gasteiger partial charge in [-0.1, -0.05) is 25.5 Å². The van der Waals surface area contributed by atoms with Gasteiger partial charge in [0.25, 0.3) is 15.3 Å². The number of carbonyl (C=O) groups is 5. The highest BCUT2D eigenvalue weighted by Crippen LogP contribution is 2.68. The summed E-state index contributed by atoms with van der Waals surface area (Å²) < 4.78 is 27.2. The van der Waals surface area contributed by atoms with Gasteiger partial charge in [0.1, 0.15) is 18.5 Å². The lowest BCUT2D eigenvalue weighted by molar-refractivity contribution is -0.790. The largest absolute Gasteiger partial charge is 0.514 e. The van der Waals surface area contributed by atoms with Gasteiger partial charge in [0.15, 0.2) is 23.7 Å². The summed E-state index contributed by atoms with van der Waals surface area (Å²) in [5, 5.41) is 40.5. The highest BCUT2D eigenvalue weighted by atomic mass is 17.0. The highest BCUT2D eigenvalue weighted by Gasteiger charge is 2.70. The molecule has 3 saturated carbocycles. The minimum absolute atomic E-state index is 0.00356. The second-order valence-corrected chi connectivity index (χ2v) is 16.6. The van der Waals surface area contributed by atoms with Crippen LogP contribution in [0.25, 0.3) is 0 Å². The Bertz CT molecular complexity index is 1970. The molecule has 0 spiro atoms. The molecule has 23 heteroatoms. The van der Waals surface area contributed by atoms with E-state index in [0.717, 1.165) is 5.57 Å². The molecule has 63 heavy (non-hydrogen) atoms. The molecule has 0 saturated heterocycles. The predicted molar refractivity (Wildman–Crippen MR) is 208 cm³/mol. The molecule has 4 aliphatic carbocycles. The monoisotopic (exact) mass is 893 g/mol. The van der Waals surface area contributed by atoms with E-state index >= 15 is 0 Å². The SMILES string of the molecule is COc1cc(C(=O)OCCCCC(CO[N+](=O)[O-])O[N+](=O)[O-])ccc1OC(=O)OCC(=O)[C@@]1(OC(=O)CCCO[N+](=O)[O-])CCC2C3CC=C4CC(=O)CC[C@]4(C)[C@H]3[C@@H](O)C[C@@]21C. The summed E-state index contributed by atoms with van der Waals surface area (Å²) in [6.07, 6.45) is 1.02. The maximum absolute atomic E-state index is 14.4. The fourth-order valence-corrected chi connectivity index (χ4v) is 10.3. The lowest BCUT2D eigenvalue weighted by Gasteiger charge is -2.60. The summed E-state index contributed by atoms with van der Waals surface area (Å²) in [6, 6.07) is 3.69. The van der Waals surface area contributed by atoms with E-state index < -0.39 is 81.0 Å². The van der Waals surface area contributed by atoms with Gasteiger partial charge in [-0.15, -0.1) is 30.3 Å². The Morgan fingerprint density at radius 2 is 1.68 bits per heavy atom. The maximum atomic E-state index is 14.4. The summed E-state index contributed by atoms with van der Waals surface area (Å²) in [5.41, 5.74) is -2.43. The quantitative estimate of drug-likeness (QED) is 0.0314. The van der Waals surface area contributed by atoms with Crippen molar-refractivity contribution < 1.29 is 82.5 Å². The average Bonchev–Trinajstić information content (AvgIpc) is 3.51. The lowest BCUT2D eigenvalue weighted by Crippen LogP contribution is -2.63. The molecule has 346 valence electrons. The second-order valence-electron chi connectivity index (χ2n) is 16.6. The van der Waals surface area contributed by atoms with Crippen molar-refractivity contribution in [1.29, 1.82) is 0 Å². The number of hydrogen-bond acceptors (Lipinski definition) is 20. The number of fused-ring (bicyclic) bond motifs is 5. The number of esters is 2. The van der Waals surface area contributed by atoms with Crippen LogP contribution in [0.2, 0.25) is 0 Å². The van der Waals surface area contributed by atoms with Gasteiger partial charge in [-0.3, -0.25) is 14.4 Å². The summed E-state index contributed by atoms with van der Waals surface area (Å²) in [5.74, 6) is -3.10. The predicted octanol–water partition coefficient (Wildman–Crippen LogP) is 4.67. The van der Waals surface area contributed by atoms with Crippen LogP contribution in [-0.2, 0) is 43.1 Å². The molecule has 8 atom stereocenters. The molecule has 1 N–H and O–H groups in total. The van der Waals surface area contributed by atoms with Crippen molar-refractivity contribution in [1.82, 2.24) is 0 Å². The van der Waals surface area contributed by atoms with E-state index in [1.54, 1.807) is 6.92 Å². The van der Waals surface area contributed by atoms with Crippen LogP contribution in [-0.4, -0.2) is 101 Å². The number of unbranched alkanes of at least 4 members (excludes halogenated alkanes) is 1. The third kappa shape index (κ3) is 10.9. The number of rotatable bonds is 22. The van der Waals surface area contributed by atoms with Gasteiger partial charge in [-0.05, 0) is 99.2 Å². The Balaban J connectivity index is 1.23. The summed E-state index contributed by atoms with van der Waals surface area (Å²) in [7, 11) is 1.23. The molecule has 1 aromatic rings. The van der Waals surface area contributed by atoms with Crippen molar-refractivity contribution in [3.05, 3.63) is 65.8 Å². The molecule has 5 rings (SSSR count). The Labute approximate surface area is 359 Å². The number of ether oxygens (including phenoxy) is 5. The van der Waals surface area contributed by atoms with Crippen LogP contribution in [0.4, 0.5) is 4.79 Å². The topological polar surface area (TPSA) is 309 Å². The highest BCUT2D eigenvalue weighted by molar-refractivity contribution is 5.93. The van der Waals surface area contributed by atoms with Crippen molar-refractivity contribution in [2.45, 2.75) is 109 Å². The van der Waals surface area contributed by atoms with E-state index in [1.165, 1.54) is 25.3 Å². The van der Waals surface area contributed by atoms with Crippen molar-refractivity contribution >= 4 is 29.7 Å². The first-order chi connectivity index (χ1) is 29.8. The maximum Gasteiger partial charge on any atom is 0.514 e. The molecule has 0 radical (unpaired) electrons. The first kappa shape index (κ1) is 47.9. The molecule has 0 aromatic heterocycles. The van der Waals surface area contributed by atoms with Crippen molar-refractivity contribution in [3.8, 4) is 11.5 Å². The van der Waals surface area contributed by atoms with Gasteiger partial charge in [0, 0.05) is 24.7 Å². The van der Waals surface area contributed by atoms with Gasteiger partial charge in [0.05, 0.1) is 32.0 Å². The van der Waals surface area contributed by atoms with Gasteiger partial charge in [-0.2, -0.15) is 0 Å². The minimum atomic E-state index is -1.87. The number of ketones is 2. The van der Waals surface area contributed by atoms with Gasteiger partial charge in [-0.25, -0.2) is 9.59 Å². The number of methoxy groups -OCH3 is 1. The summed E-state index contributed by atoms with van der Waals surface area (Å²) >= 11 is 0. The Hall–Kier alpha value is -6.13. The van der Waals surface area contributed by atoms with Gasteiger partial charge < -0.3 is 43.3 Å². The van der Waals surface area contributed by atoms with E-state index in [9.17, 15) is 59.4 Å². The molecule has 0 aliphatic heterocycles. The van der Waals surface area contributed by atoms with Crippen LogP contribution < -0.4 is 9.47 Å². The zero-order valence-electron chi connectivity index (χ0n) is 35.1. The van der Waals surface area contributed by atoms with Crippen LogP contribution in [0.5, 0.6) is 11.5 Å². The summed E-state index contributed by atoms with van der Waals surface area (Å²) in [6.45, 7) is 1.78. The third-order valence-electron chi connectivity index (χ3n) is 13.1. The number of aliphatic hydroxyl groups excluding tert-OH is 1. The molecular weight excluding hydrogens is 842 g/mol. The molecule has 3 unspecified atom stereocenters. The summed E-state index contributed by atoms with van der Waals surface area (Å²) in [4.78, 5) is 111. The zero-order valence-corrected chi connectivity index (χ0v) is 35.1. The van der Waals surface area contributed by atoms with Crippen LogP contribution >= 0.6 is 0 Å². The van der Waals surface area contributed by atoms with Crippen LogP contribution in [0.15, 0.2) is 29.8 Å². The fourth-order valence-electron chi connectivity index (χ4n) is 10.3. The van der Waals surface area contributed by atoms with Crippen molar-refractivity contribution in [3.63, 3.8) is 0 Å². The number of nitrogens with zero attached hydrogens (tertiary/aromatic N) is 3. The third-order valence-corrected chi connectivity index (χ3v) is 13.1. The molecule has 4 aliphatic rings. The first-order valence-electron chi connectivity index (χ1n) is 20.5. The van der Waals surface area contributed by atoms with E-state index in [2.05, 4.69) is 27.5 Å². The Morgan fingerprint density at radius 1 is 0.937 bits per heavy atom. The van der Waals surface area contributed by atoms with Crippen LogP contribution in [0.3, 0.4) is 0 Å². The molecule has 3 fully saturated rings. The average molecular weight is 894 g/mol. The van der Waals surface area contributed by atoms with Crippen LogP contribution in [0, 0.1) is 58.9 Å². The van der Waals surface area contributed by atoms with Crippen LogP contribution in [0.1, 0.15) is 101 Å². The molecule has 0 bridgehead atoms. The lowest BCUT2D eigenvalue weighted by atomic mass is 9.46. The Kier molecular flexibility index (Phi) is 15.5. The number of benzene rings is 1. The molecular formula is C40H51N3O20. The normalized spacial score (nSPS) is 27.4. The second kappa shape index (κ2) is 20.4. The molecule has 23 nitrogen and oxygen atoms in total. The number of Topliss-reactive ketones (excluding diaryl/α,β-unsaturated/α-hetero) is 2. The molecule has 0 heterocycles. The van der Waals surface area contributed by atoms with Gasteiger partial charge in [0.2, 0.25) is 5.78 Å². The number of carbonyl (C=O) groups excluding carboxylic acids is 5. The van der Waals surface area contributed by atoms with E-state index in [0.29, 0.717) is 32.1 Å². The molecule has 0 amide bonds. The zero-order chi connectivity index (χ0) is 46.1. The van der Waals surface area contributed by atoms with Crippen molar-refractivity contribution in [2.75, 3.05) is 33.5 Å². The molecule has 1 aromatic carbocycles. The van der Waals surface area contributed by atoms with Gasteiger partial charge >= 0.3 is 18.1 Å². The fraction of sp³-hybridized carbons (Fsp3) is 0.675. The number of hydrogen-bond donors (Lipinski definition) is 1. The standard InChI is InChI=1S/C40H51N3O20/c1-38-15-13-26(44)20-25(38)10-11-28-29-14-16-40(39(29,2)21-30(45)35(28)38,62-34(47)8-6-18-59-41(50)51)33(46)23-58-37(49)61-31-12-9-24(19-32(31)56-3)36(48)57-17-5-4-7-27(63-43(54)55)22-60-42(52)53/h9-10,12,19,27-30,35,45H,4-8,11,13-18,20-23H2,1-3H3/t27?,28?,29?,30-,35+,38-,39-,40-/m0/s1. The number of aliphatic hydroxyl groups is 1. The number of allylic oxidation sites excluding steroid dienone is 2.